The molecule has 0 aromatic heterocycles. The summed E-state index contributed by atoms with van der Waals surface area (Å²) in [6, 6.07) is 0. The number of ether oxygens (including phenoxy) is 8. The van der Waals surface area contributed by atoms with E-state index >= 15 is 4.79 Å². The van der Waals surface area contributed by atoms with Gasteiger partial charge in [0.2, 0.25) is 0 Å². The number of aliphatic hydroxyl groups excluding tert-OH is 15. The lowest BCUT2D eigenvalue weighted by molar-refractivity contribution is -0.380. The van der Waals surface area contributed by atoms with Gasteiger partial charge in [-0.3, -0.25) is 4.79 Å². The maximum Gasteiger partial charge on any atom is 0.187 e. The van der Waals surface area contributed by atoms with Crippen molar-refractivity contribution >= 4 is 5.78 Å². The van der Waals surface area contributed by atoms with Gasteiger partial charge in [0.05, 0.1) is 50.3 Å². The molecule has 8 rings (SSSR count). The molecule has 3 unspecified atom stereocenters. The monoisotopic (exact) mass is 1150 g/mol. The third-order valence-electron chi connectivity index (χ3n) is 20.8. The van der Waals surface area contributed by atoms with Crippen molar-refractivity contribution < 1.29 is 124 Å². The van der Waals surface area contributed by atoms with E-state index in [1.807, 2.05) is 20.8 Å². The summed E-state index contributed by atoms with van der Waals surface area (Å²) in [5, 5.41) is 172. The standard InChI is InChI=1S/C55H92O25/c1-9-55-15-14-23(53(55,7)17-31(60)54(8)24-11-13-32(51(3,4)25(24)16-26(59)46(54)55)78-48-43(70)39(66)35(62)28(19-57)75-48)22(2)10-12-33(52(5,6)72)79-50-45(80-49-44(71)40(67)36(63)29(20-58)76-49)41(68)37(64)30(77-50)21-73-47-42(69)38(65)34(61)27(18-56)74-47/h16,22-24,27-50,56-58,60-72H,9-15,17-21H2,1-8H3/t22-,23?,24?,27-,28-,29-,30-,31-,32+,33-,34-,35-,36-,37-,38+,39+,40+,41+,42-,43-,44-,45-,46?,47+,48+,49+,50+,53-,54-,55+/m1/s1. The van der Waals surface area contributed by atoms with Gasteiger partial charge in [-0.2, -0.15) is 0 Å². The second kappa shape index (κ2) is 24.3. The molecule has 0 radical (unpaired) electrons. The highest BCUT2D eigenvalue weighted by Gasteiger charge is 2.73. The van der Waals surface area contributed by atoms with Crippen LogP contribution in [0.2, 0.25) is 0 Å². The summed E-state index contributed by atoms with van der Waals surface area (Å²) < 4.78 is 47.6. The number of allylic oxidation sites excluding steroid dienone is 1. The second-order valence-electron chi connectivity index (χ2n) is 26.0. The second-order valence-corrected chi connectivity index (χ2v) is 26.0. The molecule has 4 heterocycles. The van der Waals surface area contributed by atoms with E-state index in [1.165, 1.54) is 13.8 Å². The Balaban J connectivity index is 1.01. The third-order valence-corrected chi connectivity index (χ3v) is 20.8. The van der Waals surface area contributed by atoms with Crippen molar-refractivity contribution in [2.75, 3.05) is 26.4 Å². The van der Waals surface area contributed by atoms with Crippen LogP contribution >= 0.6 is 0 Å². The number of aliphatic hydroxyl groups is 16. The van der Waals surface area contributed by atoms with E-state index in [1.54, 1.807) is 6.08 Å². The SMILES string of the molecule is CC[C@@]12CCC([C@H](C)CC[C@@H](O[C@@H]3O[C@H](CO[C@H]4O[C@H](CO)[C@@H](O)[C@H](O)[C@H]4O)[C@@H](O)[C@H](O)[C@H]3O[C@@H]3O[C@H](CO)[C@@H](O)[C@H](O)[C@H]3O)C(C)(C)O)[C@@]1(C)C[C@@H](O)[C@@]1(C)C3CC[C@H](O[C@@H]4O[C@H](CO)[C@@H](O)[C@H](O)[C@H]4O)C(C)(C)C3=CC(=O)C12. The zero-order valence-electron chi connectivity index (χ0n) is 47.0. The van der Waals surface area contributed by atoms with Crippen LogP contribution in [-0.2, 0) is 42.7 Å². The van der Waals surface area contributed by atoms with E-state index in [4.69, 9.17) is 37.9 Å². The number of carbonyl (C=O) groups is 1. The predicted molar refractivity (Wildman–Crippen MR) is 273 cm³/mol. The molecule has 25 nitrogen and oxygen atoms in total. The largest absolute Gasteiger partial charge is 0.394 e. The van der Waals surface area contributed by atoms with Gasteiger partial charge in [-0.1, -0.05) is 47.1 Å². The molecule has 4 aliphatic carbocycles. The molecule has 25 heteroatoms. The van der Waals surface area contributed by atoms with Crippen LogP contribution in [0.1, 0.15) is 107 Å². The summed E-state index contributed by atoms with van der Waals surface area (Å²) >= 11 is 0. The maximum absolute atomic E-state index is 15.2. The van der Waals surface area contributed by atoms with Crippen LogP contribution in [0.4, 0.5) is 0 Å². The van der Waals surface area contributed by atoms with Crippen molar-refractivity contribution in [3.05, 3.63) is 11.6 Å². The van der Waals surface area contributed by atoms with Gasteiger partial charge in [0.15, 0.2) is 30.9 Å². The van der Waals surface area contributed by atoms with E-state index < -0.39 is 201 Å². The molecule has 0 amide bonds. The van der Waals surface area contributed by atoms with Gasteiger partial charge in [0, 0.05) is 16.7 Å². The predicted octanol–water partition coefficient (Wildman–Crippen LogP) is -3.66. The fourth-order valence-electron chi connectivity index (χ4n) is 15.9. The average Bonchev–Trinajstić information content (AvgIpc) is 2.68. The molecule has 0 bridgehead atoms. The van der Waals surface area contributed by atoms with Crippen molar-refractivity contribution in [1.29, 1.82) is 0 Å². The van der Waals surface area contributed by atoms with Gasteiger partial charge in [0.25, 0.3) is 0 Å². The summed E-state index contributed by atoms with van der Waals surface area (Å²) in [4.78, 5) is 15.2. The van der Waals surface area contributed by atoms with Gasteiger partial charge in [0.1, 0.15) is 97.7 Å². The van der Waals surface area contributed by atoms with Crippen LogP contribution in [0, 0.1) is 45.3 Å². The molecule has 0 aromatic rings. The number of fused-ring (bicyclic) bond motifs is 5. The zero-order valence-corrected chi connectivity index (χ0v) is 47.0. The minimum Gasteiger partial charge on any atom is -0.394 e. The third kappa shape index (κ3) is 11.1. The summed E-state index contributed by atoms with van der Waals surface area (Å²) in [5.74, 6) is -1.04. The van der Waals surface area contributed by atoms with Gasteiger partial charge < -0.3 is 120 Å². The normalized spacial score (nSPS) is 50.5. The molecule has 8 aliphatic rings. The Bertz CT molecular complexity index is 2120. The summed E-state index contributed by atoms with van der Waals surface area (Å²) in [6.45, 7) is 12.4. The number of rotatable bonds is 18. The van der Waals surface area contributed by atoms with Crippen LogP contribution in [0.5, 0.6) is 0 Å². The summed E-state index contributed by atoms with van der Waals surface area (Å²) in [5.41, 5.74) is -3.65. The molecule has 4 aliphatic heterocycles. The molecule has 30 atom stereocenters. The molecule has 462 valence electrons. The number of ketones is 1. The molecule has 0 aromatic carbocycles. The van der Waals surface area contributed by atoms with Crippen LogP contribution in [0.15, 0.2) is 11.6 Å². The van der Waals surface area contributed by atoms with Crippen molar-refractivity contribution in [2.24, 2.45) is 45.3 Å². The Hall–Kier alpha value is -1.55. The van der Waals surface area contributed by atoms with Crippen molar-refractivity contribution in [3.63, 3.8) is 0 Å². The lowest BCUT2D eigenvalue weighted by atomic mass is 9.37. The van der Waals surface area contributed by atoms with Gasteiger partial charge in [-0.05, 0) is 99.9 Å². The first kappa shape index (κ1) is 64.4. The number of hydrogen-bond donors (Lipinski definition) is 16. The first-order valence-corrected chi connectivity index (χ1v) is 28.6. The lowest BCUT2D eigenvalue weighted by Gasteiger charge is -2.67. The fraction of sp³-hybridized carbons (Fsp3) is 0.945. The van der Waals surface area contributed by atoms with Crippen LogP contribution < -0.4 is 0 Å². The smallest absolute Gasteiger partial charge is 0.187 e. The van der Waals surface area contributed by atoms with Gasteiger partial charge in [-0.15, -0.1) is 0 Å². The van der Waals surface area contributed by atoms with Crippen molar-refractivity contribution in [2.45, 2.75) is 253 Å². The Kier molecular flexibility index (Phi) is 19.6. The van der Waals surface area contributed by atoms with Gasteiger partial charge in [-0.25, -0.2) is 0 Å². The highest BCUT2D eigenvalue weighted by atomic mass is 16.8. The molecular weight excluding hydrogens is 1060 g/mol. The first-order valence-electron chi connectivity index (χ1n) is 28.6. The molecular formula is C55H92O25. The number of carbonyl (C=O) groups excluding carboxylic acids is 1. The minimum atomic E-state index is -1.96. The van der Waals surface area contributed by atoms with Crippen LogP contribution in [-0.4, -0.2) is 261 Å². The van der Waals surface area contributed by atoms with Crippen molar-refractivity contribution in [3.8, 4) is 0 Å². The zero-order chi connectivity index (χ0) is 59.1. The minimum absolute atomic E-state index is 0.0458. The van der Waals surface area contributed by atoms with E-state index in [0.29, 0.717) is 38.5 Å². The quantitative estimate of drug-likeness (QED) is 0.0629. The van der Waals surface area contributed by atoms with Gasteiger partial charge >= 0.3 is 0 Å². The van der Waals surface area contributed by atoms with E-state index in [0.717, 1.165) is 12.0 Å². The average molecular weight is 1150 g/mol. The molecule has 3 saturated carbocycles. The molecule has 16 N–H and O–H groups in total. The molecule has 0 spiro atoms. The van der Waals surface area contributed by atoms with Crippen LogP contribution in [0.25, 0.3) is 0 Å². The Morgan fingerprint density at radius 2 is 1.14 bits per heavy atom. The molecule has 7 fully saturated rings. The number of hydrogen-bond acceptors (Lipinski definition) is 25. The van der Waals surface area contributed by atoms with E-state index in [9.17, 15) is 81.7 Å². The first-order chi connectivity index (χ1) is 37.4. The Labute approximate surface area is 465 Å². The van der Waals surface area contributed by atoms with Crippen molar-refractivity contribution in [1.82, 2.24) is 0 Å². The maximum atomic E-state index is 15.2. The Morgan fingerprint density at radius 3 is 1.66 bits per heavy atom. The van der Waals surface area contributed by atoms with Crippen LogP contribution in [0.3, 0.4) is 0 Å². The highest BCUT2D eigenvalue weighted by molar-refractivity contribution is 5.95. The molecule has 80 heavy (non-hydrogen) atoms. The Morgan fingerprint density at radius 1 is 0.637 bits per heavy atom. The topological polar surface area (TPSA) is 415 Å². The lowest BCUT2D eigenvalue weighted by Crippen LogP contribution is -2.67. The van der Waals surface area contributed by atoms with E-state index in [2.05, 4.69) is 20.8 Å². The molecule has 4 saturated heterocycles. The highest BCUT2D eigenvalue weighted by Crippen LogP contribution is 2.75. The fourth-order valence-corrected chi connectivity index (χ4v) is 15.9. The summed E-state index contributed by atoms with van der Waals surface area (Å²) in [6.07, 6.45) is -30.4. The van der Waals surface area contributed by atoms with E-state index in [-0.39, 0.29) is 30.0 Å². The summed E-state index contributed by atoms with van der Waals surface area (Å²) in [7, 11) is 0.